The fourth-order valence-electron chi connectivity index (χ4n) is 3.15. The number of carbonyl (C=O) groups is 3. The zero-order valence-corrected chi connectivity index (χ0v) is 14.6. The molecule has 0 atom stereocenters. The number of rotatable bonds is 2. The van der Waals surface area contributed by atoms with Crippen molar-refractivity contribution in [2.75, 3.05) is 0 Å². The minimum absolute atomic E-state index is 0.1000. The van der Waals surface area contributed by atoms with Gasteiger partial charge in [-0.1, -0.05) is 30.1 Å². The Balaban J connectivity index is 1.78. The molecule has 1 aliphatic carbocycles. The average molecular weight is 370 g/mol. The molecule has 1 saturated carbocycles. The topological polar surface area (TPSA) is 78.5 Å². The van der Waals surface area contributed by atoms with Gasteiger partial charge in [-0.05, 0) is 49.8 Å². The molecule has 128 valence electrons. The molecule has 0 bridgehead atoms. The SMILES string of the molecule is CC1CCC2(CC1)NC(=O)N(NC(=O)c1cc(Cl)ccc1Cl)C2=O. The number of hydrogen-bond donors (Lipinski definition) is 2. The van der Waals surface area contributed by atoms with E-state index in [9.17, 15) is 14.4 Å². The van der Waals surface area contributed by atoms with Crippen molar-refractivity contribution in [2.45, 2.75) is 38.1 Å². The van der Waals surface area contributed by atoms with E-state index in [1.807, 2.05) is 0 Å². The minimum atomic E-state index is -0.908. The maximum Gasteiger partial charge on any atom is 0.344 e. The summed E-state index contributed by atoms with van der Waals surface area (Å²) in [6.45, 7) is 2.12. The highest BCUT2D eigenvalue weighted by molar-refractivity contribution is 6.35. The second-order valence-electron chi connectivity index (χ2n) is 6.40. The van der Waals surface area contributed by atoms with Crippen LogP contribution in [0.3, 0.4) is 0 Å². The number of urea groups is 1. The molecule has 8 heteroatoms. The lowest BCUT2D eigenvalue weighted by Gasteiger charge is -2.33. The molecule has 1 spiro atoms. The fraction of sp³-hybridized carbons (Fsp3) is 0.438. The summed E-state index contributed by atoms with van der Waals surface area (Å²) in [5.41, 5.74) is 1.53. The molecular formula is C16H17Cl2N3O3. The maximum absolute atomic E-state index is 12.7. The lowest BCUT2D eigenvalue weighted by molar-refractivity contribution is -0.134. The number of nitrogens with one attached hydrogen (secondary N) is 2. The first-order valence-electron chi connectivity index (χ1n) is 7.75. The van der Waals surface area contributed by atoms with Gasteiger partial charge in [0, 0.05) is 5.02 Å². The normalized spacial score (nSPS) is 26.6. The number of amides is 4. The smallest absolute Gasteiger partial charge is 0.322 e. The van der Waals surface area contributed by atoms with Gasteiger partial charge in [-0.3, -0.25) is 15.0 Å². The molecular weight excluding hydrogens is 353 g/mol. The molecule has 0 radical (unpaired) electrons. The number of imide groups is 1. The van der Waals surface area contributed by atoms with Gasteiger partial charge in [0.05, 0.1) is 10.6 Å². The summed E-state index contributed by atoms with van der Waals surface area (Å²) >= 11 is 11.9. The molecule has 1 heterocycles. The molecule has 1 aromatic carbocycles. The Morgan fingerprint density at radius 1 is 1.29 bits per heavy atom. The lowest BCUT2D eigenvalue weighted by Crippen LogP contribution is -2.51. The van der Waals surface area contributed by atoms with E-state index in [2.05, 4.69) is 17.7 Å². The van der Waals surface area contributed by atoms with E-state index in [0.717, 1.165) is 17.9 Å². The van der Waals surface area contributed by atoms with E-state index in [0.29, 0.717) is 23.8 Å². The average Bonchev–Trinajstić information content (AvgIpc) is 2.77. The van der Waals surface area contributed by atoms with Gasteiger partial charge in [-0.25, -0.2) is 4.79 Å². The first kappa shape index (κ1) is 17.0. The summed E-state index contributed by atoms with van der Waals surface area (Å²) in [5.74, 6) is -0.563. The number of halogens is 2. The Morgan fingerprint density at radius 2 is 1.96 bits per heavy atom. The van der Waals surface area contributed by atoms with Crippen molar-refractivity contribution >= 4 is 41.0 Å². The van der Waals surface area contributed by atoms with Gasteiger partial charge in [0.2, 0.25) is 0 Å². The van der Waals surface area contributed by atoms with Crippen LogP contribution in [-0.2, 0) is 4.79 Å². The third-order valence-electron chi connectivity index (χ3n) is 4.68. The number of carbonyl (C=O) groups excluding carboxylic acids is 3. The van der Waals surface area contributed by atoms with Gasteiger partial charge in [0.15, 0.2) is 0 Å². The monoisotopic (exact) mass is 369 g/mol. The number of benzene rings is 1. The van der Waals surface area contributed by atoms with Gasteiger partial charge in [0.1, 0.15) is 5.54 Å². The van der Waals surface area contributed by atoms with Gasteiger partial charge >= 0.3 is 6.03 Å². The van der Waals surface area contributed by atoms with Crippen molar-refractivity contribution in [1.82, 2.24) is 15.8 Å². The van der Waals surface area contributed by atoms with Crippen molar-refractivity contribution in [1.29, 1.82) is 0 Å². The minimum Gasteiger partial charge on any atom is -0.322 e. The summed E-state index contributed by atoms with van der Waals surface area (Å²) in [4.78, 5) is 37.2. The molecule has 1 aliphatic heterocycles. The largest absolute Gasteiger partial charge is 0.344 e. The molecule has 1 aromatic rings. The second-order valence-corrected chi connectivity index (χ2v) is 7.24. The third kappa shape index (κ3) is 2.96. The number of hydrogen-bond acceptors (Lipinski definition) is 3. The first-order valence-corrected chi connectivity index (χ1v) is 8.51. The van der Waals surface area contributed by atoms with Crippen LogP contribution in [0.5, 0.6) is 0 Å². The highest BCUT2D eigenvalue weighted by Crippen LogP contribution is 2.35. The predicted octanol–water partition coefficient (Wildman–Crippen LogP) is 3.14. The third-order valence-corrected chi connectivity index (χ3v) is 5.24. The molecule has 0 aromatic heterocycles. The number of hydrazine groups is 1. The Bertz CT molecular complexity index is 715. The van der Waals surface area contributed by atoms with Crippen LogP contribution in [0.4, 0.5) is 4.79 Å². The van der Waals surface area contributed by atoms with Crippen molar-refractivity contribution in [3.63, 3.8) is 0 Å². The molecule has 3 rings (SSSR count). The lowest BCUT2D eigenvalue weighted by atomic mass is 9.77. The molecule has 2 aliphatic rings. The van der Waals surface area contributed by atoms with Crippen LogP contribution in [0.25, 0.3) is 0 Å². The van der Waals surface area contributed by atoms with Crippen molar-refractivity contribution in [2.24, 2.45) is 5.92 Å². The van der Waals surface area contributed by atoms with Gasteiger partial charge in [-0.2, -0.15) is 5.01 Å². The summed E-state index contributed by atoms with van der Waals surface area (Å²) < 4.78 is 0. The van der Waals surface area contributed by atoms with E-state index in [1.54, 1.807) is 6.07 Å². The zero-order valence-electron chi connectivity index (χ0n) is 13.1. The Labute approximate surface area is 149 Å². The predicted molar refractivity (Wildman–Crippen MR) is 89.7 cm³/mol. The number of nitrogens with zero attached hydrogens (tertiary/aromatic N) is 1. The zero-order chi connectivity index (χ0) is 17.5. The van der Waals surface area contributed by atoms with Crippen LogP contribution in [0, 0.1) is 5.92 Å². The summed E-state index contributed by atoms with van der Waals surface area (Å²) in [5, 5.41) is 4.00. The van der Waals surface area contributed by atoms with E-state index in [1.165, 1.54) is 12.1 Å². The summed E-state index contributed by atoms with van der Waals surface area (Å²) in [7, 11) is 0. The van der Waals surface area contributed by atoms with Crippen molar-refractivity contribution < 1.29 is 14.4 Å². The Kier molecular flexibility index (Phi) is 4.44. The van der Waals surface area contributed by atoms with Crippen LogP contribution in [0.15, 0.2) is 18.2 Å². The van der Waals surface area contributed by atoms with E-state index in [-0.39, 0.29) is 10.6 Å². The Hall–Kier alpha value is -1.79. The van der Waals surface area contributed by atoms with Crippen LogP contribution in [-0.4, -0.2) is 28.4 Å². The molecule has 2 N–H and O–H groups in total. The van der Waals surface area contributed by atoms with Gasteiger partial charge in [0.25, 0.3) is 11.8 Å². The van der Waals surface area contributed by atoms with Crippen LogP contribution in [0.1, 0.15) is 43.0 Å². The van der Waals surface area contributed by atoms with Gasteiger partial charge < -0.3 is 5.32 Å². The maximum atomic E-state index is 12.7. The molecule has 2 fully saturated rings. The molecule has 4 amide bonds. The van der Waals surface area contributed by atoms with Crippen molar-refractivity contribution in [3.05, 3.63) is 33.8 Å². The Morgan fingerprint density at radius 3 is 2.62 bits per heavy atom. The standard InChI is InChI=1S/C16H17Cl2N3O3/c1-9-4-6-16(7-5-9)14(23)21(15(24)19-16)20-13(22)11-8-10(17)2-3-12(11)18/h2-3,8-9H,4-7H2,1H3,(H,19,24)(H,20,22). The molecule has 6 nitrogen and oxygen atoms in total. The van der Waals surface area contributed by atoms with Crippen LogP contribution >= 0.6 is 23.2 Å². The highest BCUT2D eigenvalue weighted by Gasteiger charge is 2.52. The van der Waals surface area contributed by atoms with E-state index >= 15 is 0 Å². The highest BCUT2D eigenvalue weighted by atomic mass is 35.5. The molecule has 24 heavy (non-hydrogen) atoms. The van der Waals surface area contributed by atoms with E-state index in [4.69, 9.17) is 23.2 Å². The summed E-state index contributed by atoms with van der Waals surface area (Å²) in [6.07, 6.45) is 2.86. The van der Waals surface area contributed by atoms with Crippen LogP contribution in [0.2, 0.25) is 10.0 Å². The van der Waals surface area contributed by atoms with Gasteiger partial charge in [-0.15, -0.1) is 0 Å². The van der Waals surface area contributed by atoms with Crippen LogP contribution < -0.4 is 10.7 Å². The second kappa shape index (κ2) is 6.26. The van der Waals surface area contributed by atoms with Crippen molar-refractivity contribution in [3.8, 4) is 0 Å². The molecule has 0 unspecified atom stereocenters. The summed E-state index contributed by atoms with van der Waals surface area (Å²) in [6, 6.07) is 3.79. The van der Waals surface area contributed by atoms with E-state index < -0.39 is 23.4 Å². The molecule has 1 saturated heterocycles. The first-order chi connectivity index (χ1) is 11.3. The quantitative estimate of drug-likeness (QED) is 0.785. The fourth-order valence-corrected chi connectivity index (χ4v) is 3.52.